The van der Waals surface area contributed by atoms with Gasteiger partial charge in [0.25, 0.3) is 0 Å². The zero-order valence-electron chi connectivity index (χ0n) is 8.54. The second kappa shape index (κ2) is 3.59. The first-order valence-electron chi connectivity index (χ1n) is 4.58. The molecule has 78 valence electrons. The van der Waals surface area contributed by atoms with Crippen molar-refractivity contribution in [2.24, 2.45) is 0 Å². The Hall–Kier alpha value is -1.48. The summed E-state index contributed by atoms with van der Waals surface area (Å²) in [7, 11) is 0. The first-order valence-corrected chi connectivity index (χ1v) is 4.95. The Bertz CT molecular complexity index is 505. The molecule has 0 saturated carbocycles. The third-order valence-corrected chi connectivity index (χ3v) is 2.64. The highest BCUT2D eigenvalue weighted by Crippen LogP contribution is 2.29. The van der Waals surface area contributed by atoms with Crippen molar-refractivity contribution >= 4 is 17.5 Å². The van der Waals surface area contributed by atoms with Crippen molar-refractivity contribution in [2.45, 2.75) is 13.8 Å². The largest absolute Gasteiger partial charge is 0.367 e. The molecule has 15 heavy (non-hydrogen) atoms. The zero-order valence-corrected chi connectivity index (χ0v) is 9.30. The highest BCUT2D eigenvalue weighted by molar-refractivity contribution is 6.30. The summed E-state index contributed by atoms with van der Waals surface area (Å²) in [6, 6.07) is 5.64. The van der Waals surface area contributed by atoms with Gasteiger partial charge in [-0.15, -0.1) is 0 Å². The quantitative estimate of drug-likeness (QED) is 0.806. The van der Waals surface area contributed by atoms with Gasteiger partial charge in [0, 0.05) is 16.1 Å². The Morgan fingerprint density at radius 2 is 2.07 bits per heavy atom. The lowest BCUT2D eigenvalue weighted by Gasteiger charge is -2.03. The van der Waals surface area contributed by atoms with E-state index >= 15 is 0 Å². The first kappa shape index (κ1) is 10.1. The summed E-state index contributed by atoms with van der Waals surface area (Å²) >= 11 is 5.88. The number of aryl methyl sites for hydroxylation is 1. The molecule has 0 aliphatic rings. The molecule has 0 fully saturated rings. The van der Waals surface area contributed by atoms with Crippen LogP contribution in [0.4, 0.5) is 5.88 Å². The molecule has 0 radical (unpaired) electrons. The van der Waals surface area contributed by atoms with Crippen molar-refractivity contribution in [1.82, 2.24) is 5.16 Å². The lowest BCUT2D eigenvalue weighted by atomic mass is 10.0. The number of anilines is 1. The predicted octanol–water partition coefficient (Wildman–Crippen LogP) is 3.19. The van der Waals surface area contributed by atoms with Gasteiger partial charge in [-0.25, -0.2) is 0 Å². The Kier molecular flexibility index (Phi) is 2.40. The van der Waals surface area contributed by atoms with Crippen LogP contribution >= 0.6 is 11.6 Å². The number of rotatable bonds is 1. The molecule has 0 spiro atoms. The van der Waals surface area contributed by atoms with E-state index in [4.69, 9.17) is 21.9 Å². The standard InChI is InChI=1S/C11H11ClN2O/c1-6-5-8(12)3-4-9(6)10-7(2)11(13)15-14-10/h3-5H,13H2,1-2H3. The van der Waals surface area contributed by atoms with E-state index in [-0.39, 0.29) is 0 Å². The summed E-state index contributed by atoms with van der Waals surface area (Å²) in [5.74, 6) is 0.361. The van der Waals surface area contributed by atoms with Gasteiger partial charge in [-0.2, -0.15) is 0 Å². The van der Waals surface area contributed by atoms with Gasteiger partial charge in [-0.05, 0) is 31.5 Å². The van der Waals surface area contributed by atoms with Crippen LogP contribution < -0.4 is 5.73 Å². The van der Waals surface area contributed by atoms with Crippen LogP contribution in [-0.2, 0) is 0 Å². The zero-order chi connectivity index (χ0) is 11.0. The van der Waals surface area contributed by atoms with E-state index in [0.717, 1.165) is 22.4 Å². The number of nitrogen functional groups attached to an aromatic ring is 1. The van der Waals surface area contributed by atoms with Crippen molar-refractivity contribution in [1.29, 1.82) is 0 Å². The summed E-state index contributed by atoms with van der Waals surface area (Å²) in [6.07, 6.45) is 0. The van der Waals surface area contributed by atoms with E-state index < -0.39 is 0 Å². The monoisotopic (exact) mass is 222 g/mol. The molecule has 1 heterocycles. The molecule has 1 aromatic carbocycles. The van der Waals surface area contributed by atoms with Gasteiger partial charge in [0.15, 0.2) is 0 Å². The van der Waals surface area contributed by atoms with Crippen molar-refractivity contribution in [3.8, 4) is 11.3 Å². The lowest BCUT2D eigenvalue weighted by Crippen LogP contribution is -1.87. The number of benzene rings is 1. The molecule has 3 nitrogen and oxygen atoms in total. The summed E-state index contributed by atoms with van der Waals surface area (Å²) in [6.45, 7) is 3.86. The van der Waals surface area contributed by atoms with Crippen molar-refractivity contribution in [3.63, 3.8) is 0 Å². The fourth-order valence-electron chi connectivity index (χ4n) is 1.49. The minimum atomic E-state index is 0.361. The Morgan fingerprint density at radius 3 is 2.60 bits per heavy atom. The molecule has 0 saturated heterocycles. The Morgan fingerprint density at radius 1 is 1.33 bits per heavy atom. The van der Waals surface area contributed by atoms with Crippen molar-refractivity contribution in [2.75, 3.05) is 5.73 Å². The molecule has 2 N–H and O–H groups in total. The maximum atomic E-state index is 5.88. The predicted molar refractivity (Wildman–Crippen MR) is 60.8 cm³/mol. The number of aromatic nitrogens is 1. The van der Waals surface area contributed by atoms with Gasteiger partial charge < -0.3 is 10.3 Å². The normalized spacial score (nSPS) is 10.6. The summed E-state index contributed by atoms with van der Waals surface area (Å²) in [4.78, 5) is 0. The maximum Gasteiger partial charge on any atom is 0.225 e. The molecule has 0 atom stereocenters. The third-order valence-electron chi connectivity index (χ3n) is 2.40. The summed E-state index contributed by atoms with van der Waals surface area (Å²) in [5.41, 5.74) is 9.30. The second-order valence-corrected chi connectivity index (χ2v) is 3.92. The van der Waals surface area contributed by atoms with Gasteiger partial charge in [0.05, 0.1) is 0 Å². The molecule has 0 amide bonds. The van der Waals surface area contributed by atoms with Gasteiger partial charge in [0.1, 0.15) is 5.69 Å². The van der Waals surface area contributed by atoms with Crippen LogP contribution in [0.1, 0.15) is 11.1 Å². The van der Waals surface area contributed by atoms with Gasteiger partial charge >= 0.3 is 0 Å². The van der Waals surface area contributed by atoms with E-state index in [2.05, 4.69) is 5.16 Å². The smallest absolute Gasteiger partial charge is 0.225 e. The topological polar surface area (TPSA) is 52.0 Å². The Balaban J connectivity index is 2.59. The van der Waals surface area contributed by atoms with E-state index in [1.807, 2.05) is 32.0 Å². The SMILES string of the molecule is Cc1cc(Cl)ccc1-c1noc(N)c1C. The number of hydrogen-bond acceptors (Lipinski definition) is 3. The van der Waals surface area contributed by atoms with Gasteiger partial charge in [-0.3, -0.25) is 0 Å². The van der Waals surface area contributed by atoms with E-state index in [0.29, 0.717) is 10.9 Å². The van der Waals surface area contributed by atoms with Crippen LogP contribution in [0.25, 0.3) is 11.3 Å². The van der Waals surface area contributed by atoms with E-state index in [1.54, 1.807) is 0 Å². The molecule has 0 bridgehead atoms. The minimum Gasteiger partial charge on any atom is -0.367 e. The first-order chi connectivity index (χ1) is 7.09. The molecule has 0 aliphatic carbocycles. The minimum absolute atomic E-state index is 0.361. The van der Waals surface area contributed by atoms with E-state index in [9.17, 15) is 0 Å². The average Bonchev–Trinajstić information content (AvgIpc) is 2.49. The fraction of sp³-hybridized carbons (Fsp3) is 0.182. The lowest BCUT2D eigenvalue weighted by molar-refractivity contribution is 0.439. The molecule has 2 aromatic rings. The van der Waals surface area contributed by atoms with Crippen LogP contribution in [0.2, 0.25) is 5.02 Å². The van der Waals surface area contributed by atoms with Crippen LogP contribution in [0.5, 0.6) is 0 Å². The van der Waals surface area contributed by atoms with Gasteiger partial charge in [0.2, 0.25) is 5.88 Å². The highest BCUT2D eigenvalue weighted by atomic mass is 35.5. The van der Waals surface area contributed by atoms with Crippen molar-refractivity contribution < 1.29 is 4.52 Å². The van der Waals surface area contributed by atoms with Crippen LogP contribution in [0.3, 0.4) is 0 Å². The number of nitrogens with zero attached hydrogens (tertiary/aromatic N) is 1. The number of halogens is 1. The van der Waals surface area contributed by atoms with Crippen LogP contribution in [0.15, 0.2) is 22.7 Å². The number of hydrogen-bond donors (Lipinski definition) is 1. The van der Waals surface area contributed by atoms with E-state index in [1.165, 1.54) is 0 Å². The van der Waals surface area contributed by atoms with Crippen LogP contribution in [-0.4, -0.2) is 5.16 Å². The highest BCUT2D eigenvalue weighted by Gasteiger charge is 2.12. The molecule has 0 aliphatic heterocycles. The van der Waals surface area contributed by atoms with Gasteiger partial charge in [-0.1, -0.05) is 22.8 Å². The molecule has 2 rings (SSSR count). The maximum absolute atomic E-state index is 5.88. The van der Waals surface area contributed by atoms with Crippen molar-refractivity contribution in [3.05, 3.63) is 34.3 Å². The summed E-state index contributed by atoms with van der Waals surface area (Å²) < 4.78 is 4.93. The average molecular weight is 223 g/mol. The number of nitrogens with two attached hydrogens (primary N) is 1. The second-order valence-electron chi connectivity index (χ2n) is 3.48. The molecular weight excluding hydrogens is 212 g/mol. The molecule has 1 aromatic heterocycles. The molecular formula is C11H11ClN2O. The van der Waals surface area contributed by atoms with Crippen LogP contribution in [0, 0.1) is 13.8 Å². The fourth-order valence-corrected chi connectivity index (χ4v) is 1.72. The summed E-state index contributed by atoms with van der Waals surface area (Å²) in [5, 5.41) is 4.65. The third kappa shape index (κ3) is 1.70. The molecule has 0 unspecified atom stereocenters. The molecule has 4 heteroatoms. The Labute approximate surface area is 92.8 Å².